The van der Waals surface area contributed by atoms with Crippen molar-refractivity contribution in [1.29, 1.82) is 0 Å². The molecule has 2 aromatic heterocycles. The van der Waals surface area contributed by atoms with Gasteiger partial charge in [0, 0.05) is 34.0 Å². The lowest BCUT2D eigenvalue weighted by Gasteiger charge is -2.34. The quantitative estimate of drug-likeness (QED) is 0.106. The number of aromatic nitrogens is 4. The molecular formula is C77H66N4O2. The van der Waals surface area contributed by atoms with E-state index in [4.69, 9.17) is 24.4 Å². The van der Waals surface area contributed by atoms with Gasteiger partial charge in [0.1, 0.15) is 0 Å². The monoisotopic (exact) mass is 1080 g/mol. The van der Waals surface area contributed by atoms with E-state index in [1.54, 1.807) is 12.3 Å². The molecule has 406 valence electrons. The molecule has 0 radical (unpaired) electrons. The number of ether oxygens (including phenoxy) is 2. The first-order valence-corrected chi connectivity index (χ1v) is 28.1. The van der Waals surface area contributed by atoms with Crippen molar-refractivity contribution in [2.24, 2.45) is 0 Å². The Morgan fingerprint density at radius 1 is 0.446 bits per heavy atom. The van der Waals surface area contributed by atoms with Crippen molar-refractivity contribution in [2.75, 3.05) is 0 Å². The van der Waals surface area contributed by atoms with Crippen molar-refractivity contribution in [3.63, 3.8) is 0 Å². The molecule has 83 heavy (non-hydrogen) atoms. The maximum absolute atomic E-state index is 6.89. The second-order valence-electron chi connectivity index (χ2n) is 20.0. The van der Waals surface area contributed by atoms with Crippen LogP contribution in [-0.2, 0) is 5.41 Å². The summed E-state index contributed by atoms with van der Waals surface area (Å²) in [4.78, 5) is 19.5. The standard InChI is InChI=1S/C57H36N4O2.C11H14.C6H10.C3H6/c1-4-15-38(16-5-1)54-59-55(61-56(60-54)42-18-14-17-41(35-42)48-25-12-13-34-58-48)39-28-26-37(27-29-39)40-30-32-49-51(36-40)62-50-33-31-47-52(53(50)63-49)45-23-10-11-24-46(45)57(47,43-19-6-2-7-20-43)44-21-8-3-9-22-44;1-4-9(2)11-8-6-5-7-10(11)3;1-3-5-6-4-2;1-3-2/h1-36H;4-8H,1-3H3;3-6H,1-2H3;3H,1H2,2H3/b;9-4+;5-3-,6-4-;. The van der Waals surface area contributed by atoms with E-state index in [0.29, 0.717) is 34.7 Å². The SMILES string of the molecule is C/C=C(\C)c1ccccc1C.C/C=C\C=C/C.C=CC.c1ccc(-c2nc(-c3ccc(-c4ccc5c(c4)Oc4ccc6c(c4O5)-c4ccccc4C6(c4ccccc4)c4ccccc4)cc3)nc(-c3cccc(-c4ccccn4)c3)n2)cc1. The zero-order valence-corrected chi connectivity index (χ0v) is 47.9. The summed E-state index contributed by atoms with van der Waals surface area (Å²) in [5.41, 5.74) is 17.1. The van der Waals surface area contributed by atoms with Gasteiger partial charge in [-0.25, -0.2) is 15.0 Å². The van der Waals surface area contributed by atoms with Gasteiger partial charge in [-0.2, -0.15) is 0 Å². The van der Waals surface area contributed by atoms with Gasteiger partial charge in [0.25, 0.3) is 0 Å². The molecule has 0 atom stereocenters. The molecule has 1 aliphatic carbocycles. The summed E-state index contributed by atoms with van der Waals surface area (Å²) in [6.07, 6.45) is 13.7. The summed E-state index contributed by atoms with van der Waals surface area (Å²) >= 11 is 0. The van der Waals surface area contributed by atoms with E-state index in [2.05, 4.69) is 208 Å². The van der Waals surface area contributed by atoms with E-state index in [-0.39, 0.29) is 0 Å². The molecule has 9 aromatic carbocycles. The van der Waals surface area contributed by atoms with Crippen LogP contribution < -0.4 is 9.47 Å². The van der Waals surface area contributed by atoms with Gasteiger partial charge in [-0.05, 0) is 134 Å². The first-order valence-electron chi connectivity index (χ1n) is 28.1. The lowest BCUT2D eigenvalue weighted by Crippen LogP contribution is -2.28. The van der Waals surface area contributed by atoms with Crippen LogP contribution in [0.2, 0.25) is 0 Å². The highest BCUT2D eigenvalue weighted by Gasteiger charge is 2.48. The van der Waals surface area contributed by atoms with E-state index in [1.807, 2.05) is 112 Å². The predicted octanol–water partition coefficient (Wildman–Crippen LogP) is 20.6. The minimum absolute atomic E-state index is 0.528. The zero-order chi connectivity index (χ0) is 57.5. The summed E-state index contributed by atoms with van der Waals surface area (Å²) in [5, 5.41) is 0. The van der Waals surface area contributed by atoms with Crippen LogP contribution in [0.1, 0.15) is 68.0 Å². The fraction of sp³-hybridized carbons (Fsp3) is 0.0909. The van der Waals surface area contributed by atoms with Crippen LogP contribution in [-0.4, -0.2) is 19.9 Å². The molecule has 0 amide bonds. The lowest BCUT2D eigenvalue weighted by atomic mass is 9.68. The molecule has 0 spiro atoms. The molecule has 11 aromatic rings. The zero-order valence-electron chi connectivity index (χ0n) is 47.9. The number of nitrogens with zero attached hydrogens (tertiary/aromatic N) is 4. The van der Waals surface area contributed by atoms with Crippen molar-refractivity contribution < 1.29 is 9.47 Å². The van der Waals surface area contributed by atoms with Gasteiger partial charge in [0.05, 0.1) is 11.1 Å². The number of allylic oxidation sites excluding steroid dienone is 7. The number of aryl methyl sites for hydroxylation is 1. The minimum Gasteiger partial charge on any atom is -0.449 e. The molecule has 0 saturated heterocycles. The first-order chi connectivity index (χ1) is 40.8. The molecule has 0 saturated carbocycles. The Bertz CT molecular complexity index is 4050. The molecule has 6 nitrogen and oxygen atoms in total. The smallest absolute Gasteiger partial charge is 0.178 e. The third-order valence-electron chi connectivity index (χ3n) is 14.6. The highest BCUT2D eigenvalue weighted by atomic mass is 16.6. The third-order valence-corrected chi connectivity index (χ3v) is 14.6. The van der Waals surface area contributed by atoms with Crippen molar-refractivity contribution in [3.05, 3.63) is 319 Å². The van der Waals surface area contributed by atoms with Gasteiger partial charge in [0.2, 0.25) is 0 Å². The lowest BCUT2D eigenvalue weighted by molar-refractivity contribution is 0.360. The number of fused-ring (bicyclic) bond motifs is 6. The molecular weight excluding hydrogens is 1010 g/mol. The van der Waals surface area contributed by atoms with Crippen LogP contribution in [0, 0.1) is 6.92 Å². The molecule has 0 bridgehead atoms. The number of rotatable bonds is 9. The topological polar surface area (TPSA) is 70.0 Å². The number of pyridine rings is 1. The fourth-order valence-electron chi connectivity index (χ4n) is 10.6. The second kappa shape index (κ2) is 26.3. The van der Waals surface area contributed by atoms with Crippen LogP contribution in [0.5, 0.6) is 23.0 Å². The second-order valence-corrected chi connectivity index (χ2v) is 20.0. The van der Waals surface area contributed by atoms with Gasteiger partial charge < -0.3 is 9.47 Å². The Hall–Kier alpha value is -10.3. The predicted molar refractivity (Wildman–Crippen MR) is 345 cm³/mol. The van der Waals surface area contributed by atoms with Crippen LogP contribution in [0.15, 0.2) is 286 Å². The van der Waals surface area contributed by atoms with Gasteiger partial charge in [0.15, 0.2) is 40.5 Å². The van der Waals surface area contributed by atoms with E-state index in [0.717, 1.165) is 56.0 Å². The van der Waals surface area contributed by atoms with Crippen molar-refractivity contribution in [1.82, 2.24) is 19.9 Å². The Kier molecular flexibility index (Phi) is 17.8. The largest absolute Gasteiger partial charge is 0.449 e. The van der Waals surface area contributed by atoms with Crippen molar-refractivity contribution in [2.45, 2.75) is 47.0 Å². The maximum atomic E-state index is 6.89. The van der Waals surface area contributed by atoms with E-state index in [1.165, 1.54) is 39.0 Å². The van der Waals surface area contributed by atoms with E-state index >= 15 is 0 Å². The summed E-state index contributed by atoms with van der Waals surface area (Å²) in [6.45, 7) is 15.6. The van der Waals surface area contributed by atoms with Gasteiger partial charge in [-0.15, -0.1) is 6.58 Å². The molecule has 0 N–H and O–H groups in total. The number of hydrogen-bond acceptors (Lipinski definition) is 6. The molecule has 0 fully saturated rings. The average molecular weight is 1080 g/mol. The summed E-state index contributed by atoms with van der Waals surface area (Å²) in [7, 11) is 0. The van der Waals surface area contributed by atoms with Gasteiger partial charge in [-0.3, -0.25) is 4.98 Å². The van der Waals surface area contributed by atoms with Crippen molar-refractivity contribution in [3.8, 4) is 90.7 Å². The van der Waals surface area contributed by atoms with Crippen LogP contribution in [0.25, 0.3) is 73.2 Å². The van der Waals surface area contributed by atoms with E-state index in [9.17, 15) is 0 Å². The molecule has 2 aliphatic rings. The molecule has 0 unspecified atom stereocenters. The highest BCUT2D eigenvalue weighted by Crippen LogP contribution is 2.62. The molecule has 6 heteroatoms. The summed E-state index contributed by atoms with van der Waals surface area (Å²) in [6, 6.07) is 81.5. The molecule has 13 rings (SSSR count). The van der Waals surface area contributed by atoms with Crippen LogP contribution in [0.4, 0.5) is 0 Å². The fourth-order valence-corrected chi connectivity index (χ4v) is 10.6. The van der Waals surface area contributed by atoms with Gasteiger partial charge in [-0.1, -0.05) is 237 Å². The van der Waals surface area contributed by atoms with E-state index < -0.39 is 5.41 Å². The Labute approximate surface area is 489 Å². The summed E-state index contributed by atoms with van der Waals surface area (Å²) in [5.74, 6) is 4.53. The number of benzene rings is 9. The van der Waals surface area contributed by atoms with Gasteiger partial charge >= 0.3 is 0 Å². The first kappa shape index (κ1) is 56.0. The van der Waals surface area contributed by atoms with Crippen molar-refractivity contribution >= 4 is 5.57 Å². The Morgan fingerprint density at radius 3 is 1.60 bits per heavy atom. The Morgan fingerprint density at radius 2 is 0.976 bits per heavy atom. The van der Waals surface area contributed by atoms with Crippen LogP contribution in [0.3, 0.4) is 0 Å². The molecule has 1 aliphatic heterocycles. The maximum Gasteiger partial charge on any atom is 0.178 e. The molecule has 3 heterocycles. The van der Waals surface area contributed by atoms with Crippen LogP contribution >= 0.6 is 0 Å². The average Bonchev–Trinajstić information content (AvgIpc) is 2.71. The normalized spacial score (nSPS) is 12.3. The summed E-state index contributed by atoms with van der Waals surface area (Å²) < 4.78 is 13.6. The Balaban J connectivity index is 0.000000330. The number of hydrogen-bond donors (Lipinski definition) is 0. The minimum atomic E-state index is -0.528. The third kappa shape index (κ3) is 12.0. The highest BCUT2D eigenvalue weighted by molar-refractivity contribution is 5.92.